The highest BCUT2D eigenvalue weighted by molar-refractivity contribution is 7.99. The van der Waals surface area contributed by atoms with Crippen LogP contribution in [0, 0.1) is 0 Å². The Kier molecular flexibility index (Phi) is 6.58. The van der Waals surface area contributed by atoms with Gasteiger partial charge in [0, 0.05) is 10.7 Å². The number of likely N-dealkylation sites (N-methyl/N-ethyl adjacent to an activating group) is 1. The molecule has 156 valence electrons. The summed E-state index contributed by atoms with van der Waals surface area (Å²) in [6.07, 6.45) is -2.28. The van der Waals surface area contributed by atoms with E-state index in [0.29, 0.717) is 6.42 Å². The summed E-state index contributed by atoms with van der Waals surface area (Å²) < 4.78 is 28.9. The summed E-state index contributed by atoms with van der Waals surface area (Å²) >= 11 is 1.12. The molecule has 2 aliphatic heterocycles. The molecule has 27 heavy (non-hydrogen) atoms. The number of aliphatic hydroxyl groups excluding tert-OH is 4. The molecule has 2 aliphatic rings. The van der Waals surface area contributed by atoms with Crippen molar-refractivity contribution >= 4 is 17.7 Å². The van der Waals surface area contributed by atoms with Crippen LogP contribution in [0.1, 0.15) is 30.8 Å². The number of ether oxygens (including phenoxy) is 1. The molecule has 9 heteroatoms. The van der Waals surface area contributed by atoms with Gasteiger partial charge in [0.1, 0.15) is 29.9 Å². The maximum atomic E-state index is 13.0. The molecule has 8 atom stereocenters. The maximum absolute atomic E-state index is 13.0. The van der Waals surface area contributed by atoms with E-state index in [9.17, 15) is 25.2 Å². The van der Waals surface area contributed by atoms with Crippen LogP contribution in [0.25, 0.3) is 0 Å². The van der Waals surface area contributed by atoms with Crippen LogP contribution in [0.2, 0.25) is 0 Å². The van der Waals surface area contributed by atoms with Gasteiger partial charge in [-0.1, -0.05) is 18.6 Å². The smallest absolute Gasteiger partial charge is 0.238 e. The molecule has 0 aromatic rings. The average molecular weight is 408 g/mol. The molecule has 0 unspecified atom stereocenters. The number of thioether (sulfide) groups is 1. The quantitative estimate of drug-likeness (QED) is 0.358. The fraction of sp³-hybridized carbons (Fsp3) is 0.833. The molecule has 0 radical (unpaired) electrons. The SMILES string of the molecule is [2H]C([2H])([2H])N1C/C(=C/CC)C[C@H]1C(=O)N[C@@H]([C@H]1O[C@H](SC)[C@H](O)[C@@H](O)[C@H]1O)[C@@H](C)O. The summed E-state index contributed by atoms with van der Waals surface area (Å²) in [7, 11) is 0. The number of likely N-dealkylation sites (tertiary alicyclic amines) is 1. The van der Waals surface area contributed by atoms with Gasteiger partial charge in [0.2, 0.25) is 5.91 Å². The lowest BCUT2D eigenvalue weighted by Gasteiger charge is -2.44. The minimum absolute atomic E-state index is 0.143. The van der Waals surface area contributed by atoms with E-state index in [1.54, 1.807) is 6.26 Å². The van der Waals surface area contributed by atoms with Crippen molar-refractivity contribution in [2.45, 2.75) is 74.7 Å². The first-order valence-electron chi connectivity index (χ1n) is 10.6. The molecule has 0 aromatic carbocycles. The van der Waals surface area contributed by atoms with Gasteiger partial charge in [-0.05, 0) is 33.0 Å². The molecule has 2 fully saturated rings. The molecule has 0 bridgehead atoms. The summed E-state index contributed by atoms with van der Waals surface area (Å²) in [5, 5.41) is 43.4. The van der Waals surface area contributed by atoms with E-state index in [1.165, 1.54) is 6.92 Å². The summed E-state index contributed by atoms with van der Waals surface area (Å²) in [6.45, 7) is 0.985. The fourth-order valence-electron chi connectivity index (χ4n) is 3.53. The van der Waals surface area contributed by atoms with Crippen molar-refractivity contribution in [3.8, 4) is 0 Å². The second kappa shape index (κ2) is 9.69. The highest BCUT2D eigenvalue weighted by Gasteiger charge is 2.48. The van der Waals surface area contributed by atoms with Crippen molar-refractivity contribution in [1.29, 1.82) is 0 Å². The van der Waals surface area contributed by atoms with E-state index in [-0.39, 0.29) is 13.0 Å². The number of allylic oxidation sites excluding steroid dienone is 1. The molecule has 0 spiro atoms. The number of aliphatic hydroxyl groups is 4. The van der Waals surface area contributed by atoms with Gasteiger partial charge in [0.15, 0.2) is 0 Å². The Bertz CT molecular complexity index is 634. The monoisotopic (exact) mass is 407 g/mol. The van der Waals surface area contributed by atoms with E-state index in [1.807, 2.05) is 13.0 Å². The highest BCUT2D eigenvalue weighted by atomic mass is 32.2. The zero-order valence-corrected chi connectivity index (χ0v) is 16.6. The van der Waals surface area contributed by atoms with Gasteiger partial charge in [-0.15, -0.1) is 11.8 Å². The highest BCUT2D eigenvalue weighted by Crippen LogP contribution is 2.30. The normalized spacial score (nSPS) is 40.9. The minimum atomic E-state index is -2.48. The van der Waals surface area contributed by atoms with Gasteiger partial charge in [-0.25, -0.2) is 0 Å². The summed E-state index contributed by atoms with van der Waals surface area (Å²) in [5.74, 6) is -0.617. The Morgan fingerprint density at radius 3 is 2.70 bits per heavy atom. The number of nitrogens with one attached hydrogen (secondary N) is 1. The van der Waals surface area contributed by atoms with E-state index < -0.39 is 60.9 Å². The molecule has 0 aromatic heterocycles. The lowest BCUT2D eigenvalue weighted by molar-refractivity contribution is -0.211. The molecule has 8 nitrogen and oxygen atoms in total. The van der Waals surface area contributed by atoms with Gasteiger partial charge in [0.25, 0.3) is 0 Å². The van der Waals surface area contributed by atoms with Gasteiger partial charge >= 0.3 is 0 Å². The second-order valence-electron chi connectivity index (χ2n) is 7.07. The lowest BCUT2D eigenvalue weighted by atomic mass is 9.92. The zero-order chi connectivity index (χ0) is 22.8. The Labute approximate surface area is 168 Å². The zero-order valence-electron chi connectivity index (χ0n) is 18.8. The van der Waals surface area contributed by atoms with Crippen LogP contribution in [-0.2, 0) is 9.53 Å². The van der Waals surface area contributed by atoms with Crippen molar-refractivity contribution in [2.24, 2.45) is 0 Å². The summed E-state index contributed by atoms with van der Waals surface area (Å²) in [4.78, 5) is 14.1. The standard InChI is InChI=1S/C18H32N2O6S/c1-5-6-10-7-11(20(3)8-10)17(25)19-12(9(2)21)16-14(23)13(22)15(24)18(26-16)27-4/h6,9,11-16,18,21-24H,5,7-8H2,1-4H3,(H,19,25)/b10-6+/t9-,11+,12-,13+,14-,15-,16-,18-/m1/s1/i3D3. The molecule has 2 saturated heterocycles. The van der Waals surface area contributed by atoms with Gasteiger partial charge in [-0.3, -0.25) is 9.69 Å². The molecule has 0 saturated carbocycles. The first kappa shape index (κ1) is 18.4. The van der Waals surface area contributed by atoms with Gasteiger partial charge in [-0.2, -0.15) is 0 Å². The summed E-state index contributed by atoms with van der Waals surface area (Å²) in [5.41, 5.74) is -0.0201. The first-order valence-corrected chi connectivity index (χ1v) is 10.4. The third-order valence-electron chi connectivity index (χ3n) is 5.02. The number of hydrogen-bond acceptors (Lipinski definition) is 8. The number of carbonyl (C=O) groups is 1. The molecule has 5 N–H and O–H groups in total. The van der Waals surface area contributed by atoms with Gasteiger partial charge in [0.05, 0.1) is 18.2 Å². The summed E-state index contributed by atoms with van der Waals surface area (Å²) in [6, 6.07) is -2.09. The number of carbonyl (C=O) groups excluding carboxylic acids is 1. The van der Waals surface area contributed by atoms with Crippen LogP contribution in [0.5, 0.6) is 0 Å². The number of amides is 1. The predicted octanol–water partition coefficient (Wildman–Crippen LogP) is -0.937. The minimum Gasteiger partial charge on any atom is -0.391 e. The second-order valence-corrected chi connectivity index (χ2v) is 8.01. The third-order valence-corrected chi connectivity index (χ3v) is 5.88. The van der Waals surface area contributed by atoms with Crippen LogP contribution in [0.4, 0.5) is 0 Å². The lowest BCUT2D eigenvalue weighted by Crippen LogP contribution is -2.65. The van der Waals surface area contributed by atoms with Crippen molar-refractivity contribution in [1.82, 2.24) is 10.2 Å². The average Bonchev–Trinajstić information content (AvgIpc) is 3.09. The van der Waals surface area contributed by atoms with E-state index >= 15 is 0 Å². The molecular formula is C18H32N2O6S. The Hall–Kier alpha value is -0.680. The maximum Gasteiger partial charge on any atom is 0.238 e. The van der Waals surface area contributed by atoms with Crippen molar-refractivity contribution in [3.05, 3.63) is 11.6 Å². The van der Waals surface area contributed by atoms with E-state index in [0.717, 1.165) is 22.2 Å². The van der Waals surface area contributed by atoms with E-state index in [4.69, 9.17) is 8.85 Å². The molecule has 0 aliphatic carbocycles. The van der Waals surface area contributed by atoms with E-state index in [2.05, 4.69) is 5.32 Å². The fourth-order valence-corrected chi connectivity index (χ4v) is 4.21. The number of nitrogens with zero attached hydrogens (tertiary/aromatic N) is 1. The molecule has 2 rings (SSSR count). The Morgan fingerprint density at radius 2 is 2.15 bits per heavy atom. The topological polar surface area (TPSA) is 122 Å². The van der Waals surface area contributed by atoms with Crippen molar-refractivity contribution in [3.63, 3.8) is 0 Å². The largest absolute Gasteiger partial charge is 0.391 e. The Balaban J connectivity index is 2.23. The van der Waals surface area contributed by atoms with Crippen LogP contribution in [0.15, 0.2) is 11.6 Å². The van der Waals surface area contributed by atoms with Crippen LogP contribution in [-0.4, -0.2) is 99.0 Å². The Morgan fingerprint density at radius 1 is 1.44 bits per heavy atom. The van der Waals surface area contributed by atoms with Gasteiger partial charge < -0.3 is 30.5 Å². The van der Waals surface area contributed by atoms with Crippen molar-refractivity contribution < 1.29 is 34.1 Å². The first-order chi connectivity index (χ1) is 13.9. The predicted molar refractivity (Wildman–Crippen MR) is 103 cm³/mol. The number of hydrogen-bond donors (Lipinski definition) is 5. The molecule has 2 heterocycles. The number of rotatable bonds is 6. The van der Waals surface area contributed by atoms with Crippen LogP contribution in [0.3, 0.4) is 0 Å². The van der Waals surface area contributed by atoms with Crippen LogP contribution >= 0.6 is 11.8 Å². The third kappa shape index (κ3) is 5.03. The molecule has 1 amide bonds. The van der Waals surface area contributed by atoms with Crippen molar-refractivity contribution in [2.75, 3.05) is 19.8 Å². The van der Waals surface area contributed by atoms with Crippen LogP contribution < -0.4 is 5.32 Å². The molecular weight excluding hydrogens is 372 g/mol.